The molecular weight excluding hydrogens is 292 g/mol. The summed E-state index contributed by atoms with van der Waals surface area (Å²) in [6.45, 7) is 0.549. The highest BCUT2D eigenvalue weighted by Crippen LogP contribution is 2.28. The smallest absolute Gasteiger partial charge is 0.239 e. The van der Waals surface area contributed by atoms with Crippen LogP contribution in [-0.4, -0.2) is 24.0 Å². The van der Waals surface area contributed by atoms with Crippen LogP contribution < -0.4 is 11.1 Å². The van der Waals surface area contributed by atoms with Gasteiger partial charge in [0.15, 0.2) is 0 Å². The lowest BCUT2D eigenvalue weighted by Gasteiger charge is -2.17. The Morgan fingerprint density at radius 3 is 3.05 bits per heavy atom. The minimum atomic E-state index is -0.728. The third kappa shape index (κ3) is 3.41. The van der Waals surface area contributed by atoms with E-state index in [2.05, 4.69) is 20.3 Å². The van der Waals surface area contributed by atoms with Crippen molar-refractivity contribution in [3.05, 3.63) is 51.5 Å². The minimum Gasteiger partial charge on any atom is -0.368 e. The number of carbonyl (C=O) groups excluding carboxylic acids is 1. The number of nitrogens with zero attached hydrogens (tertiary/aromatic N) is 4. The summed E-state index contributed by atoms with van der Waals surface area (Å²) in [5.41, 5.74) is 14.9. The first kappa shape index (κ1) is 15.1. The Bertz CT molecular complexity index is 713. The summed E-state index contributed by atoms with van der Waals surface area (Å²) < 4.78 is 0. The van der Waals surface area contributed by atoms with Crippen LogP contribution in [0.2, 0.25) is 5.02 Å². The number of benzene rings is 1. The first-order valence-electron chi connectivity index (χ1n) is 6.22. The Kier molecular flexibility index (Phi) is 4.94. The SMILES string of the molecule is [N-]=[N+]=NCCNC(C(N)=O)c1ccc(Cl)c2cccnc12. The molecule has 0 aliphatic heterocycles. The Morgan fingerprint density at radius 1 is 1.52 bits per heavy atom. The molecule has 1 heterocycles. The summed E-state index contributed by atoms with van der Waals surface area (Å²) in [4.78, 5) is 18.6. The van der Waals surface area contributed by atoms with Crippen LogP contribution in [-0.2, 0) is 4.79 Å². The lowest BCUT2D eigenvalue weighted by molar-refractivity contribution is -0.120. The van der Waals surface area contributed by atoms with E-state index >= 15 is 0 Å². The van der Waals surface area contributed by atoms with Gasteiger partial charge in [-0.1, -0.05) is 22.8 Å². The fourth-order valence-electron chi connectivity index (χ4n) is 2.06. The highest BCUT2D eigenvalue weighted by molar-refractivity contribution is 6.35. The van der Waals surface area contributed by atoms with Gasteiger partial charge in [-0.2, -0.15) is 0 Å². The summed E-state index contributed by atoms with van der Waals surface area (Å²) in [6.07, 6.45) is 1.63. The van der Waals surface area contributed by atoms with Gasteiger partial charge in [0, 0.05) is 40.2 Å². The van der Waals surface area contributed by atoms with Gasteiger partial charge >= 0.3 is 0 Å². The predicted molar refractivity (Wildman–Crippen MR) is 80.7 cm³/mol. The van der Waals surface area contributed by atoms with Crippen LogP contribution in [0.5, 0.6) is 0 Å². The van der Waals surface area contributed by atoms with Gasteiger partial charge in [0.1, 0.15) is 6.04 Å². The Balaban J connectivity index is 2.38. The summed E-state index contributed by atoms with van der Waals surface area (Å²) >= 11 is 6.13. The molecule has 0 aliphatic rings. The normalized spacial score (nSPS) is 11.9. The number of azide groups is 1. The maximum atomic E-state index is 11.7. The zero-order valence-electron chi connectivity index (χ0n) is 11.0. The summed E-state index contributed by atoms with van der Waals surface area (Å²) in [7, 11) is 0. The number of hydrogen-bond donors (Lipinski definition) is 2. The molecule has 7 nitrogen and oxygen atoms in total. The lowest BCUT2D eigenvalue weighted by Crippen LogP contribution is -2.35. The van der Waals surface area contributed by atoms with Gasteiger partial charge in [-0.25, -0.2) is 0 Å². The number of aromatic nitrogens is 1. The van der Waals surface area contributed by atoms with Crippen molar-refractivity contribution in [2.45, 2.75) is 6.04 Å². The van der Waals surface area contributed by atoms with Gasteiger partial charge in [-0.05, 0) is 23.7 Å². The molecule has 21 heavy (non-hydrogen) atoms. The molecule has 8 heteroatoms. The molecule has 1 amide bonds. The van der Waals surface area contributed by atoms with Crippen LogP contribution in [0.25, 0.3) is 21.3 Å². The molecule has 0 fully saturated rings. The van der Waals surface area contributed by atoms with Crippen molar-refractivity contribution in [1.82, 2.24) is 10.3 Å². The van der Waals surface area contributed by atoms with Crippen molar-refractivity contribution < 1.29 is 4.79 Å². The monoisotopic (exact) mass is 304 g/mol. The number of hydrogen-bond acceptors (Lipinski definition) is 4. The fraction of sp³-hybridized carbons (Fsp3) is 0.231. The topological polar surface area (TPSA) is 117 Å². The average molecular weight is 305 g/mol. The van der Waals surface area contributed by atoms with E-state index in [0.29, 0.717) is 22.6 Å². The highest BCUT2D eigenvalue weighted by Gasteiger charge is 2.20. The van der Waals surface area contributed by atoms with Gasteiger partial charge in [0.2, 0.25) is 5.91 Å². The van der Waals surface area contributed by atoms with E-state index in [1.807, 2.05) is 6.07 Å². The number of fused-ring (bicyclic) bond motifs is 1. The molecule has 2 rings (SSSR count). The molecule has 1 unspecified atom stereocenters. The standard InChI is InChI=1S/C13H13ClN6O/c14-10-4-3-9(11-8(10)2-1-5-17-11)12(13(15)21)18-6-7-19-20-16/h1-5,12,18H,6-7H2,(H2,15,21). The van der Waals surface area contributed by atoms with Crippen molar-refractivity contribution in [1.29, 1.82) is 0 Å². The molecule has 1 atom stereocenters. The summed E-state index contributed by atoms with van der Waals surface area (Å²) in [6, 6.07) is 6.28. The Hall–Kier alpha value is -2.34. The zero-order chi connectivity index (χ0) is 15.2. The van der Waals surface area contributed by atoms with E-state index in [1.54, 1.807) is 24.4 Å². The molecule has 0 spiro atoms. The van der Waals surface area contributed by atoms with E-state index < -0.39 is 11.9 Å². The van der Waals surface area contributed by atoms with E-state index in [9.17, 15) is 4.79 Å². The quantitative estimate of drug-likeness (QED) is 0.369. The number of pyridine rings is 1. The number of rotatable bonds is 6. The number of primary amides is 1. The fourth-order valence-corrected chi connectivity index (χ4v) is 2.28. The van der Waals surface area contributed by atoms with E-state index in [4.69, 9.17) is 22.9 Å². The van der Waals surface area contributed by atoms with Crippen LogP contribution in [0.15, 0.2) is 35.6 Å². The van der Waals surface area contributed by atoms with Crippen molar-refractivity contribution in [2.75, 3.05) is 13.1 Å². The van der Waals surface area contributed by atoms with Crippen LogP contribution >= 0.6 is 11.6 Å². The van der Waals surface area contributed by atoms with E-state index in [0.717, 1.165) is 5.39 Å². The Labute approximate surface area is 125 Å². The molecule has 1 aromatic heterocycles. The first-order valence-corrected chi connectivity index (χ1v) is 6.59. The number of halogens is 1. The van der Waals surface area contributed by atoms with E-state index in [-0.39, 0.29) is 6.54 Å². The second-order valence-electron chi connectivity index (χ2n) is 4.28. The summed E-state index contributed by atoms with van der Waals surface area (Å²) in [5.74, 6) is -0.537. The number of carbonyl (C=O) groups is 1. The second kappa shape index (κ2) is 6.90. The minimum absolute atomic E-state index is 0.221. The Morgan fingerprint density at radius 2 is 2.33 bits per heavy atom. The van der Waals surface area contributed by atoms with Crippen LogP contribution in [0, 0.1) is 0 Å². The van der Waals surface area contributed by atoms with Crippen LogP contribution in [0.1, 0.15) is 11.6 Å². The third-order valence-electron chi connectivity index (χ3n) is 2.97. The molecule has 0 saturated heterocycles. The van der Waals surface area contributed by atoms with Crippen molar-refractivity contribution >= 4 is 28.4 Å². The van der Waals surface area contributed by atoms with Gasteiger partial charge < -0.3 is 11.1 Å². The van der Waals surface area contributed by atoms with Gasteiger partial charge in [0.05, 0.1) is 5.52 Å². The zero-order valence-corrected chi connectivity index (χ0v) is 11.8. The molecule has 1 aromatic carbocycles. The average Bonchev–Trinajstić information content (AvgIpc) is 2.49. The molecule has 0 aliphatic carbocycles. The molecule has 2 aromatic rings. The van der Waals surface area contributed by atoms with Gasteiger partial charge in [0.25, 0.3) is 0 Å². The van der Waals surface area contributed by atoms with Crippen LogP contribution in [0.4, 0.5) is 0 Å². The molecule has 0 bridgehead atoms. The van der Waals surface area contributed by atoms with Crippen LogP contribution in [0.3, 0.4) is 0 Å². The summed E-state index contributed by atoms with van der Waals surface area (Å²) in [5, 5.41) is 7.67. The van der Waals surface area contributed by atoms with Crippen molar-refractivity contribution in [3.8, 4) is 0 Å². The van der Waals surface area contributed by atoms with Gasteiger partial charge in [-0.3, -0.25) is 9.78 Å². The largest absolute Gasteiger partial charge is 0.368 e. The number of nitrogens with one attached hydrogen (secondary N) is 1. The molecule has 0 radical (unpaired) electrons. The number of amides is 1. The molecule has 3 N–H and O–H groups in total. The van der Waals surface area contributed by atoms with E-state index in [1.165, 1.54) is 0 Å². The predicted octanol–water partition coefficient (Wildman–Crippen LogP) is 2.31. The van der Waals surface area contributed by atoms with Gasteiger partial charge in [-0.15, -0.1) is 0 Å². The van der Waals surface area contributed by atoms with Crippen molar-refractivity contribution in [3.63, 3.8) is 0 Å². The maximum absolute atomic E-state index is 11.7. The molecule has 108 valence electrons. The first-order chi connectivity index (χ1) is 10.1. The van der Waals surface area contributed by atoms with Crippen molar-refractivity contribution in [2.24, 2.45) is 10.8 Å². The maximum Gasteiger partial charge on any atom is 0.239 e. The molecular formula is C13H13ClN6O. The number of nitrogens with two attached hydrogens (primary N) is 1. The highest BCUT2D eigenvalue weighted by atomic mass is 35.5. The third-order valence-corrected chi connectivity index (χ3v) is 3.30. The lowest BCUT2D eigenvalue weighted by atomic mass is 10.0. The molecule has 0 saturated carbocycles. The second-order valence-corrected chi connectivity index (χ2v) is 4.69.